The van der Waals surface area contributed by atoms with Gasteiger partial charge in [0.1, 0.15) is 5.75 Å². The molecule has 0 saturated carbocycles. The molecular formula is C26H28N2O3. The summed E-state index contributed by atoms with van der Waals surface area (Å²) >= 11 is 0. The zero-order chi connectivity index (χ0) is 22.2. The van der Waals surface area contributed by atoms with Crippen molar-refractivity contribution in [2.24, 2.45) is 0 Å². The molecule has 31 heavy (non-hydrogen) atoms. The molecule has 0 spiro atoms. The molecule has 0 unspecified atom stereocenters. The number of carbonyl (C=O) groups is 2. The molecule has 0 aliphatic heterocycles. The Hall–Kier alpha value is -3.60. The molecule has 3 aromatic rings. The van der Waals surface area contributed by atoms with Crippen LogP contribution in [-0.4, -0.2) is 24.5 Å². The highest BCUT2D eigenvalue weighted by Crippen LogP contribution is 2.18. The largest absolute Gasteiger partial charge is 0.481 e. The molecule has 5 heteroatoms. The number of aryl methyl sites for hydroxylation is 2. The zero-order valence-electron chi connectivity index (χ0n) is 18.1. The predicted octanol–water partition coefficient (Wildman–Crippen LogP) is 4.68. The lowest BCUT2D eigenvalue weighted by Crippen LogP contribution is -2.30. The summed E-state index contributed by atoms with van der Waals surface area (Å²) in [7, 11) is 0. The highest BCUT2D eigenvalue weighted by molar-refractivity contribution is 5.95. The lowest BCUT2D eigenvalue weighted by molar-refractivity contribution is -0.122. The monoisotopic (exact) mass is 416 g/mol. The molecule has 1 atom stereocenters. The van der Waals surface area contributed by atoms with Gasteiger partial charge in [-0.05, 0) is 68.7 Å². The van der Waals surface area contributed by atoms with Gasteiger partial charge in [0.25, 0.3) is 11.8 Å². The van der Waals surface area contributed by atoms with Crippen molar-refractivity contribution in [3.8, 4) is 5.75 Å². The fraction of sp³-hybridized carbons (Fsp3) is 0.231. The molecule has 160 valence electrons. The third kappa shape index (κ3) is 6.44. The van der Waals surface area contributed by atoms with Crippen molar-refractivity contribution in [2.45, 2.75) is 33.3 Å². The maximum atomic E-state index is 12.5. The van der Waals surface area contributed by atoms with Crippen molar-refractivity contribution in [2.75, 3.05) is 11.9 Å². The maximum absolute atomic E-state index is 12.5. The smallest absolute Gasteiger partial charge is 0.265 e. The number of ether oxygens (including phenoxy) is 1. The van der Waals surface area contributed by atoms with Crippen LogP contribution in [0.1, 0.15) is 34.0 Å². The van der Waals surface area contributed by atoms with Gasteiger partial charge in [-0.2, -0.15) is 0 Å². The van der Waals surface area contributed by atoms with E-state index in [9.17, 15) is 9.59 Å². The highest BCUT2D eigenvalue weighted by Gasteiger charge is 2.16. The second-order valence-corrected chi connectivity index (χ2v) is 7.58. The van der Waals surface area contributed by atoms with Gasteiger partial charge in [0.05, 0.1) is 0 Å². The van der Waals surface area contributed by atoms with Crippen molar-refractivity contribution >= 4 is 17.5 Å². The van der Waals surface area contributed by atoms with E-state index in [1.54, 1.807) is 31.2 Å². The number of hydrogen-bond acceptors (Lipinski definition) is 3. The third-order valence-electron chi connectivity index (χ3n) is 4.98. The van der Waals surface area contributed by atoms with Crippen LogP contribution in [0.2, 0.25) is 0 Å². The van der Waals surface area contributed by atoms with E-state index in [1.165, 1.54) is 5.56 Å². The molecule has 0 fully saturated rings. The maximum Gasteiger partial charge on any atom is 0.265 e. The van der Waals surface area contributed by atoms with Crippen LogP contribution in [0.15, 0.2) is 72.8 Å². The SMILES string of the molecule is Cc1ccc(NC(=O)[C@@H](C)Oc2ccc(C(=O)NCCc3ccccc3)cc2)c(C)c1. The van der Waals surface area contributed by atoms with Crippen LogP contribution in [0.5, 0.6) is 5.75 Å². The molecule has 0 aromatic heterocycles. The Morgan fingerprint density at radius 3 is 2.32 bits per heavy atom. The van der Waals surface area contributed by atoms with Crippen molar-refractivity contribution in [3.05, 3.63) is 95.1 Å². The van der Waals surface area contributed by atoms with Gasteiger partial charge >= 0.3 is 0 Å². The van der Waals surface area contributed by atoms with Crippen LogP contribution in [0.4, 0.5) is 5.69 Å². The topological polar surface area (TPSA) is 67.4 Å². The molecule has 3 aromatic carbocycles. The van der Waals surface area contributed by atoms with Gasteiger partial charge in [0.15, 0.2) is 6.10 Å². The molecule has 0 heterocycles. The van der Waals surface area contributed by atoms with Gasteiger partial charge in [-0.25, -0.2) is 0 Å². The first-order valence-electron chi connectivity index (χ1n) is 10.4. The Labute approximate surface area is 183 Å². The molecule has 5 nitrogen and oxygen atoms in total. The number of hydrogen-bond donors (Lipinski definition) is 2. The van der Waals surface area contributed by atoms with Crippen LogP contribution in [-0.2, 0) is 11.2 Å². The first kappa shape index (κ1) is 22.1. The van der Waals surface area contributed by atoms with E-state index in [1.807, 2.05) is 62.4 Å². The molecule has 2 N–H and O–H groups in total. The first-order chi connectivity index (χ1) is 14.9. The number of nitrogens with one attached hydrogen (secondary N) is 2. The summed E-state index contributed by atoms with van der Waals surface area (Å²) in [5, 5.41) is 5.81. The molecule has 0 radical (unpaired) electrons. The van der Waals surface area contributed by atoms with Gasteiger partial charge in [-0.1, -0.05) is 48.0 Å². The summed E-state index contributed by atoms with van der Waals surface area (Å²) < 4.78 is 5.74. The second kappa shape index (κ2) is 10.4. The second-order valence-electron chi connectivity index (χ2n) is 7.58. The summed E-state index contributed by atoms with van der Waals surface area (Å²) in [4.78, 5) is 24.8. The summed E-state index contributed by atoms with van der Waals surface area (Å²) in [6.07, 6.45) is 0.104. The summed E-state index contributed by atoms with van der Waals surface area (Å²) in [5.41, 5.74) is 4.65. The Morgan fingerprint density at radius 1 is 0.935 bits per heavy atom. The zero-order valence-corrected chi connectivity index (χ0v) is 18.1. The lowest BCUT2D eigenvalue weighted by Gasteiger charge is -2.16. The van der Waals surface area contributed by atoms with Crippen LogP contribution in [0, 0.1) is 13.8 Å². The van der Waals surface area contributed by atoms with Crippen LogP contribution in [0.25, 0.3) is 0 Å². The number of anilines is 1. The summed E-state index contributed by atoms with van der Waals surface area (Å²) in [5.74, 6) is 0.168. The van der Waals surface area contributed by atoms with E-state index < -0.39 is 6.10 Å². The summed E-state index contributed by atoms with van der Waals surface area (Å²) in [6, 6.07) is 22.7. The predicted molar refractivity (Wildman–Crippen MR) is 124 cm³/mol. The van der Waals surface area contributed by atoms with Gasteiger partial charge < -0.3 is 15.4 Å². The molecule has 3 rings (SSSR count). The normalized spacial score (nSPS) is 11.5. The van der Waals surface area contributed by atoms with Gasteiger partial charge in [-0.3, -0.25) is 9.59 Å². The van der Waals surface area contributed by atoms with Crippen molar-refractivity contribution in [1.29, 1.82) is 0 Å². The molecule has 0 aliphatic rings. The van der Waals surface area contributed by atoms with E-state index in [2.05, 4.69) is 10.6 Å². The van der Waals surface area contributed by atoms with Crippen LogP contribution in [0.3, 0.4) is 0 Å². The molecular weight excluding hydrogens is 388 g/mol. The molecule has 0 saturated heterocycles. The Kier molecular flexibility index (Phi) is 7.44. The average molecular weight is 417 g/mol. The Morgan fingerprint density at radius 2 is 1.65 bits per heavy atom. The first-order valence-corrected chi connectivity index (χ1v) is 10.4. The van der Waals surface area contributed by atoms with Gasteiger partial charge in [0.2, 0.25) is 0 Å². The number of benzene rings is 3. The Balaban J connectivity index is 1.49. The lowest BCUT2D eigenvalue weighted by atomic mass is 10.1. The van der Waals surface area contributed by atoms with Crippen LogP contribution >= 0.6 is 0 Å². The minimum absolute atomic E-state index is 0.136. The third-order valence-corrected chi connectivity index (χ3v) is 4.98. The van der Waals surface area contributed by atoms with E-state index in [0.29, 0.717) is 17.9 Å². The quantitative estimate of drug-likeness (QED) is 0.560. The van der Waals surface area contributed by atoms with E-state index in [-0.39, 0.29) is 11.8 Å². The minimum atomic E-state index is -0.675. The highest BCUT2D eigenvalue weighted by atomic mass is 16.5. The number of carbonyl (C=O) groups excluding carboxylic acids is 2. The average Bonchev–Trinajstić information content (AvgIpc) is 2.76. The number of amides is 2. The summed E-state index contributed by atoms with van der Waals surface area (Å²) in [6.45, 7) is 6.23. The fourth-order valence-corrected chi connectivity index (χ4v) is 3.20. The van der Waals surface area contributed by atoms with E-state index in [4.69, 9.17) is 4.74 Å². The van der Waals surface area contributed by atoms with Crippen LogP contribution < -0.4 is 15.4 Å². The standard InChI is InChI=1S/C26H28N2O3/c1-18-9-14-24(19(2)17-18)28-25(29)20(3)31-23-12-10-22(11-13-23)26(30)27-16-15-21-7-5-4-6-8-21/h4-14,17,20H,15-16H2,1-3H3,(H,27,30)(H,28,29)/t20-/m1/s1. The van der Waals surface area contributed by atoms with Crippen molar-refractivity contribution in [3.63, 3.8) is 0 Å². The minimum Gasteiger partial charge on any atom is -0.481 e. The Bertz CT molecular complexity index is 1030. The molecule has 2 amide bonds. The van der Waals surface area contributed by atoms with E-state index in [0.717, 1.165) is 23.2 Å². The van der Waals surface area contributed by atoms with E-state index >= 15 is 0 Å². The molecule has 0 aliphatic carbocycles. The van der Waals surface area contributed by atoms with Gasteiger partial charge in [0, 0.05) is 17.8 Å². The fourth-order valence-electron chi connectivity index (χ4n) is 3.20. The number of rotatable bonds is 8. The van der Waals surface area contributed by atoms with Crippen molar-refractivity contribution in [1.82, 2.24) is 5.32 Å². The van der Waals surface area contributed by atoms with Crippen molar-refractivity contribution < 1.29 is 14.3 Å². The van der Waals surface area contributed by atoms with Gasteiger partial charge in [-0.15, -0.1) is 0 Å². The molecule has 0 bridgehead atoms.